The molecule has 0 radical (unpaired) electrons. The molecule has 1 aromatic carbocycles. The molecule has 1 nitrogen and oxygen atoms in total. The van der Waals surface area contributed by atoms with Crippen LogP contribution in [0.1, 0.15) is 63.5 Å². The molecule has 23 heavy (non-hydrogen) atoms. The number of hydrogen-bond donors (Lipinski definition) is 1. The summed E-state index contributed by atoms with van der Waals surface area (Å²) in [6.45, 7) is 7.64. The van der Waals surface area contributed by atoms with Crippen molar-refractivity contribution in [3.05, 3.63) is 35.5 Å². The van der Waals surface area contributed by atoms with Crippen molar-refractivity contribution in [1.29, 1.82) is 0 Å². The Morgan fingerprint density at radius 2 is 2.04 bits per heavy atom. The average Bonchev–Trinajstić information content (AvgIpc) is 3.06. The summed E-state index contributed by atoms with van der Waals surface area (Å²) < 4.78 is 0. The third-order valence-electron chi connectivity index (χ3n) is 7.66. The zero-order valence-electron chi connectivity index (χ0n) is 14.7. The van der Waals surface area contributed by atoms with E-state index in [-0.39, 0.29) is 0 Å². The first-order valence-corrected chi connectivity index (χ1v) is 9.65. The number of aromatic amines is 1. The second-order valence-electron chi connectivity index (χ2n) is 9.33. The Labute approximate surface area is 139 Å². The molecule has 5 rings (SSSR count). The van der Waals surface area contributed by atoms with E-state index in [0.29, 0.717) is 5.41 Å². The van der Waals surface area contributed by atoms with Crippen LogP contribution in [-0.2, 0) is 6.42 Å². The third kappa shape index (κ3) is 1.92. The van der Waals surface area contributed by atoms with Gasteiger partial charge in [0, 0.05) is 11.7 Å². The smallest absolute Gasteiger partial charge is 0.0456 e. The van der Waals surface area contributed by atoms with Gasteiger partial charge in [0.25, 0.3) is 0 Å². The lowest BCUT2D eigenvalue weighted by atomic mass is 9.52. The summed E-state index contributed by atoms with van der Waals surface area (Å²) in [5.74, 6) is 4.47. The lowest BCUT2D eigenvalue weighted by Gasteiger charge is -2.52. The van der Waals surface area contributed by atoms with Crippen LogP contribution in [0.5, 0.6) is 0 Å². The van der Waals surface area contributed by atoms with Gasteiger partial charge in [-0.2, -0.15) is 0 Å². The molecule has 0 amide bonds. The minimum absolute atomic E-state index is 0.621. The normalized spacial score (nSPS) is 42.3. The van der Waals surface area contributed by atoms with Gasteiger partial charge in [0.1, 0.15) is 0 Å². The second-order valence-corrected chi connectivity index (χ2v) is 9.33. The molecule has 1 heteroatoms. The van der Waals surface area contributed by atoms with Gasteiger partial charge in [-0.1, -0.05) is 20.8 Å². The summed E-state index contributed by atoms with van der Waals surface area (Å²) in [5, 5.41) is 1.41. The number of nitrogens with one attached hydrogen (secondary N) is 1. The molecular formula is C22H29N. The molecule has 2 saturated carbocycles. The fourth-order valence-electron chi connectivity index (χ4n) is 7.14. The molecule has 1 heterocycles. The minimum atomic E-state index is 0.621. The maximum absolute atomic E-state index is 3.40. The highest BCUT2D eigenvalue weighted by Crippen LogP contribution is 2.63. The van der Waals surface area contributed by atoms with Gasteiger partial charge in [-0.25, -0.2) is 0 Å². The molecule has 1 N–H and O–H groups in total. The van der Waals surface area contributed by atoms with Crippen molar-refractivity contribution < 1.29 is 0 Å². The Bertz CT molecular complexity index is 756. The van der Waals surface area contributed by atoms with Crippen LogP contribution in [0.2, 0.25) is 0 Å². The molecule has 5 unspecified atom stereocenters. The van der Waals surface area contributed by atoms with Gasteiger partial charge in [0.2, 0.25) is 0 Å². The molecule has 1 aromatic heterocycles. The molecule has 0 spiro atoms. The van der Waals surface area contributed by atoms with Crippen molar-refractivity contribution in [3.63, 3.8) is 0 Å². The first-order valence-electron chi connectivity index (χ1n) is 9.65. The van der Waals surface area contributed by atoms with Gasteiger partial charge in [0.05, 0.1) is 0 Å². The zero-order chi connectivity index (χ0) is 15.8. The fourth-order valence-corrected chi connectivity index (χ4v) is 7.14. The minimum Gasteiger partial charge on any atom is -0.361 e. The topological polar surface area (TPSA) is 15.8 Å². The average molecular weight is 307 g/mol. The zero-order valence-corrected chi connectivity index (χ0v) is 14.7. The molecule has 2 fully saturated rings. The number of hydrogen-bond acceptors (Lipinski definition) is 0. The van der Waals surface area contributed by atoms with Gasteiger partial charge in [-0.15, -0.1) is 0 Å². The third-order valence-corrected chi connectivity index (χ3v) is 7.66. The van der Waals surface area contributed by atoms with Crippen LogP contribution in [0.4, 0.5) is 0 Å². The van der Waals surface area contributed by atoms with Crippen molar-refractivity contribution in [2.45, 2.75) is 58.8 Å². The van der Waals surface area contributed by atoms with Crippen LogP contribution in [0.15, 0.2) is 24.4 Å². The highest BCUT2D eigenvalue weighted by atomic mass is 14.7. The summed E-state index contributed by atoms with van der Waals surface area (Å²) in [6, 6.07) is 7.21. The van der Waals surface area contributed by atoms with Crippen molar-refractivity contribution in [2.24, 2.45) is 29.1 Å². The van der Waals surface area contributed by atoms with E-state index in [2.05, 4.69) is 50.2 Å². The predicted molar refractivity (Wildman–Crippen MR) is 96.6 cm³/mol. The molecule has 0 saturated heterocycles. The van der Waals surface area contributed by atoms with Crippen LogP contribution in [0.3, 0.4) is 0 Å². The van der Waals surface area contributed by atoms with E-state index in [1.807, 2.05) is 0 Å². The van der Waals surface area contributed by atoms with E-state index in [1.165, 1.54) is 43.0 Å². The highest BCUT2D eigenvalue weighted by molar-refractivity contribution is 5.81. The van der Waals surface area contributed by atoms with Crippen LogP contribution >= 0.6 is 0 Å². The molecule has 6 atom stereocenters. The summed E-state index contributed by atoms with van der Waals surface area (Å²) in [6.07, 6.45) is 9.18. The molecule has 0 aliphatic heterocycles. The summed E-state index contributed by atoms with van der Waals surface area (Å²) in [5.41, 5.74) is 5.27. The van der Waals surface area contributed by atoms with Gasteiger partial charge < -0.3 is 4.98 Å². The van der Waals surface area contributed by atoms with Gasteiger partial charge in [-0.05, 0) is 102 Å². The van der Waals surface area contributed by atoms with E-state index in [0.717, 1.165) is 29.6 Å². The number of aromatic nitrogens is 1. The van der Waals surface area contributed by atoms with Crippen molar-refractivity contribution in [1.82, 2.24) is 4.98 Å². The van der Waals surface area contributed by atoms with Gasteiger partial charge >= 0.3 is 0 Å². The fraction of sp³-hybridized carbons (Fsp3) is 0.636. The van der Waals surface area contributed by atoms with Gasteiger partial charge in [-0.3, -0.25) is 0 Å². The van der Waals surface area contributed by atoms with E-state index in [4.69, 9.17) is 0 Å². The molecule has 122 valence electrons. The molecule has 0 bridgehead atoms. The quantitative estimate of drug-likeness (QED) is 0.623. The summed E-state index contributed by atoms with van der Waals surface area (Å²) >= 11 is 0. The molecule has 3 aliphatic rings. The van der Waals surface area contributed by atoms with Crippen molar-refractivity contribution in [2.75, 3.05) is 0 Å². The van der Waals surface area contributed by atoms with Crippen molar-refractivity contribution in [3.8, 4) is 0 Å². The Morgan fingerprint density at radius 1 is 1.17 bits per heavy atom. The van der Waals surface area contributed by atoms with E-state index < -0.39 is 0 Å². The first-order chi connectivity index (χ1) is 11.0. The van der Waals surface area contributed by atoms with E-state index in [9.17, 15) is 0 Å². The Hall–Kier alpha value is -1.24. The van der Waals surface area contributed by atoms with E-state index in [1.54, 1.807) is 11.1 Å². The van der Waals surface area contributed by atoms with E-state index >= 15 is 0 Å². The van der Waals surface area contributed by atoms with Crippen LogP contribution in [0, 0.1) is 29.1 Å². The Balaban J connectivity index is 1.62. The largest absolute Gasteiger partial charge is 0.361 e. The maximum Gasteiger partial charge on any atom is 0.0456 e. The lowest BCUT2D eigenvalue weighted by molar-refractivity contribution is 0.0239. The number of benzene rings is 1. The number of rotatable bonds is 0. The standard InChI is InChI=1S/C22H29N/c1-13-8-19-17-5-4-15-10-20-16(6-7-23-20)9-18(15)21(17)14(2)12-22(19,3)11-13/h6-7,9-10,13-14,17,19,21,23H,4-5,8,11-12H2,1-3H3/t13?,14?,17?,19?,21?,22-/m0/s1. The Morgan fingerprint density at radius 3 is 2.91 bits per heavy atom. The van der Waals surface area contributed by atoms with Crippen LogP contribution < -0.4 is 0 Å². The number of aryl methyl sites for hydroxylation is 1. The van der Waals surface area contributed by atoms with Gasteiger partial charge in [0.15, 0.2) is 0 Å². The predicted octanol–water partition coefficient (Wildman–Crippen LogP) is 5.91. The number of fused-ring (bicyclic) bond motifs is 6. The Kier molecular flexibility index (Phi) is 2.86. The first kappa shape index (κ1) is 14.1. The SMILES string of the molecule is CC1CC2C3CCc4cc5[nH]ccc5cc4C3C(C)C[C@]2(C)C1. The monoisotopic (exact) mass is 307 g/mol. The maximum atomic E-state index is 3.40. The molecule has 3 aliphatic carbocycles. The van der Waals surface area contributed by atoms with Crippen LogP contribution in [0.25, 0.3) is 10.9 Å². The van der Waals surface area contributed by atoms with Crippen LogP contribution in [-0.4, -0.2) is 4.98 Å². The summed E-state index contributed by atoms with van der Waals surface area (Å²) in [7, 11) is 0. The number of H-pyrrole nitrogens is 1. The second kappa shape index (κ2) is 4.65. The molecule has 2 aromatic rings. The highest BCUT2D eigenvalue weighted by Gasteiger charge is 2.54. The molecular weight excluding hydrogens is 278 g/mol. The lowest BCUT2D eigenvalue weighted by Crippen LogP contribution is -2.43. The van der Waals surface area contributed by atoms with Crippen molar-refractivity contribution >= 4 is 10.9 Å². The summed E-state index contributed by atoms with van der Waals surface area (Å²) in [4.78, 5) is 3.40.